The molecule has 0 atom stereocenters. The first-order valence-electron chi connectivity index (χ1n) is 9.63. The van der Waals surface area contributed by atoms with Gasteiger partial charge in [0.05, 0.1) is 0 Å². The maximum absolute atomic E-state index is 4.34. The Bertz CT molecular complexity index is 916. The first kappa shape index (κ1) is 18.3. The number of piperazine rings is 1. The molecule has 4 rings (SSSR count). The van der Waals surface area contributed by atoms with E-state index >= 15 is 0 Å². The van der Waals surface area contributed by atoms with Crippen molar-refractivity contribution >= 4 is 28.7 Å². The van der Waals surface area contributed by atoms with E-state index < -0.39 is 0 Å². The Hall–Kier alpha value is -3.12. The largest absolute Gasteiger partial charge is 0.369 e. The van der Waals surface area contributed by atoms with Gasteiger partial charge in [0.25, 0.3) is 0 Å². The van der Waals surface area contributed by atoms with Gasteiger partial charge in [0.1, 0.15) is 18.0 Å². The topological polar surface area (TPSA) is 56.3 Å². The molecule has 0 bridgehead atoms. The molecular weight excluding hydrogens is 348 g/mol. The third-order valence-electron chi connectivity index (χ3n) is 5.08. The molecule has 0 amide bonds. The lowest BCUT2D eigenvalue weighted by Gasteiger charge is -2.34. The number of nitrogens with one attached hydrogen (secondary N) is 2. The molecule has 1 aliphatic heterocycles. The Morgan fingerprint density at radius 3 is 2.21 bits per heavy atom. The molecule has 3 aromatic rings. The molecule has 2 heterocycles. The van der Waals surface area contributed by atoms with Gasteiger partial charge in [0, 0.05) is 49.3 Å². The minimum atomic E-state index is 0.762. The molecule has 0 saturated carbocycles. The number of rotatable bonds is 5. The number of aromatic nitrogens is 2. The molecule has 1 fully saturated rings. The van der Waals surface area contributed by atoms with E-state index in [9.17, 15) is 0 Å². The maximum atomic E-state index is 4.34. The molecule has 6 nitrogen and oxygen atoms in total. The summed E-state index contributed by atoms with van der Waals surface area (Å²) in [7, 11) is 2.17. The van der Waals surface area contributed by atoms with Gasteiger partial charge in [-0.3, -0.25) is 0 Å². The fourth-order valence-electron chi connectivity index (χ4n) is 3.31. The van der Waals surface area contributed by atoms with Crippen molar-refractivity contribution in [3.8, 4) is 0 Å². The summed E-state index contributed by atoms with van der Waals surface area (Å²) in [5, 5.41) is 6.72. The van der Waals surface area contributed by atoms with Crippen molar-refractivity contribution in [3.05, 3.63) is 66.5 Å². The Kier molecular flexibility index (Phi) is 5.39. The second kappa shape index (κ2) is 8.27. The van der Waals surface area contributed by atoms with Gasteiger partial charge in [-0.05, 0) is 49.9 Å². The smallest absolute Gasteiger partial charge is 0.135 e. The number of likely N-dealkylation sites (N-methyl/N-ethyl adjacent to an activating group) is 1. The molecule has 2 aromatic carbocycles. The fraction of sp³-hybridized carbons (Fsp3) is 0.273. The van der Waals surface area contributed by atoms with Crippen LogP contribution in [0.5, 0.6) is 0 Å². The first-order chi connectivity index (χ1) is 13.7. The summed E-state index contributed by atoms with van der Waals surface area (Å²) in [5.41, 5.74) is 4.50. The van der Waals surface area contributed by atoms with Crippen LogP contribution in [-0.2, 0) is 0 Å². The van der Waals surface area contributed by atoms with Gasteiger partial charge >= 0.3 is 0 Å². The first-order valence-corrected chi connectivity index (χ1v) is 9.63. The van der Waals surface area contributed by atoms with Crippen LogP contribution in [0.2, 0.25) is 0 Å². The molecule has 0 spiro atoms. The van der Waals surface area contributed by atoms with Gasteiger partial charge in [-0.1, -0.05) is 18.2 Å². The summed E-state index contributed by atoms with van der Waals surface area (Å²) in [6.07, 6.45) is 1.57. The van der Waals surface area contributed by atoms with Crippen molar-refractivity contribution < 1.29 is 0 Å². The van der Waals surface area contributed by atoms with Gasteiger partial charge in [0.2, 0.25) is 0 Å². The van der Waals surface area contributed by atoms with E-state index in [1.807, 2.05) is 24.3 Å². The number of benzene rings is 2. The van der Waals surface area contributed by atoms with Gasteiger partial charge in [-0.2, -0.15) is 0 Å². The molecular formula is C22H26N6. The third kappa shape index (κ3) is 4.40. The zero-order valence-corrected chi connectivity index (χ0v) is 16.4. The fourth-order valence-corrected chi connectivity index (χ4v) is 3.31. The molecule has 28 heavy (non-hydrogen) atoms. The zero-order chi connectivity index (χ0) is 19.3. The van der Waals surface area contributed by atoms with Crippen molar-refractivity contribution in [2.75, 3.05) is 48.8 Å². The van der Waals surface area contributed by atoms with Crippen LogP contribution in [-0.4, -0.2) is 48.1 Å². The number of hydrogen-bond donors (Lipinski definition) is 2. The summed E-state index contributed by atoms with van der Waals surface area (Å²) in [4.78, 5) is 13.5. The highest BCUT2D eigenvalue weighted by Crippen LogP contribution is 2.23. The minimum Gasteiger partial charge on any atom is -0.369 e. The van der Waals surface area contributed by atoms with Crippen LogP contribution < -0.4 is 15.5 Å². The minimum absolute atomic E-state index is 0.762. The standard InChI is InChI=1S/C22H26N6/c1-17-5-3-4-6-20(17)26-22-15-21(23-16-24-22)25-18-7-9-19(10-8-18)28-13-11-27(2)12-14-28/h3-10,15-16H,11-14H2,1-2H3,(H2,23,24,25,26). The predicted octanol–water partition coefficient (Wildman–Crippen LogP) is 4.02. The van der Waals surface area contributed by atoms with Crippen LogP contribution in [0.4, 0.5) is 28.7 Å². The SMILES string of the molecule is Cc1ccccc1Nc1cc(Nc2ccc(N3CCN(C)CC3)cc2)ncn1. The van der Waals surface area contributed by atoms with Gasteiger partial charge in [0.15, 0.2) is 0 Å². The second-order valence-electron chi connectivity index (χ2n) is 7.19. The van der Waals surface area contributed by atoms with Crippen molar-refractivity contribution in [1.82, 2.24) is 14.9 Å². The normalized spacial score (nSPS) is 14.7. The number of nitrogens with zero attached hydrogens (tertiary/aromatic N) is 4. The maximum Gasteiger partial charge on any atom is 0.135 e. The third-order valence-corrected chi connectivity index (χ3v) is 5.08. The Morgan fingerprint density at radius 2 is 1.50 bits per heavy atom. The van der Waals surface area contributed by atoms with E-state index in [2.05, 4.69) is 74.7 Å². The lowest BCUT2D eigenvalue weighted by atomic mass is 10.2. The van der Waals surface area contributed by atoms with Crippen molar-refractivity contribution in [3.63, 3.8) is 0 Å². The summed E-state index contributed by atoms with van der Waals surface area (Å²) in [5.74, 6) is 1.53. The number of para-hydroxylation sites is 1. The lowest BCUT2D eigenvalue weighted by Crippen LogP contribution is -2.44. The summed E-state index contributed by atoms with van der Waals surface area (Å²) >= 11 is 0. The zero-order valence-electron chi connectivity index (χ0n) is 16.4. The molecule has 1 saturated heterocycles. The van der Waals surface area contributed by atoms with Crippen molar-refractivity contribution in [1.29, 1.82) is 0 Å². The molecule has 1 aromatic heterocycles. The van der Waals surface area contributed by atoms with Crippen LogP contribution >= 0.6 is 0 Å². The monoisotopic (exact) mass is 374 g/mol. The Labute approximate surface area is 166 Å². The Balaban J connectivity index is 1.42. The van der Waals surface area contributed by atoms with Gasteiger partial charge < -0.3 is 20.4 Å². The van der Waals surface area contributed by atoms with Gasteiger partial charge in [-0.25, -0.2) is 9.97 Å². The second-order valence-corrected chi connectivity index (χ2v) is 7.19. The average Bonchev–Trinajstić information content (AvgIpc) is 2.71. The molecule has 1 aliphatic rings. The van der Waals surface area contributed by atoms with Crippen molar-refractivity contribution in [2.24, 2.45) is 0 Å². The number of hydrogen-bond acceptors (Lipinski definition) is 6. The average molecular weight is 374 g/mol. The lowest BCUT2D eigenvalue weighted by molar-refractivity contribution is 0.313. The van der Waals surface area contributed by atoms with E-state index in [1.165, 1.54) is 11.3 Å². The molecule has 2 N–H and O–H groups in total. The molecule has 144 valence electrons. The van der Waals surface area contributed by atoms with Crippen LogP contribution in [0.3, 0.4) is 0 Å². The van der Waals surface area contributed by atoms with Crippen LogP contribution in [0.15, 0.2) is 60.9 Å². The summed E-state index contributed by atoms with van der Waals surface area (Å²) in [6.45, 7) is 6.44. The highest BCUT2D eigenvalue weighted by atomic mass is 15.2. The van der Waals surface area contributed by atoms with Crippen LogP contribution in [0.25, 0.3) is 0 Å². The quantitative estimate of drug-likeness (QED) is 0.703. The van der Waals surface area contributed by atoms with E-state index in [0.717, 1.165) is 49.2 Å². The highest BCUT2D eigenvalue weighted by molar-refractivity contribution is 5.65. The predicted molar refractivity (Wildman–Crippen MR) is 116 cm³/mol. The molecule has 0 aliphatic carbocycles. The molecule has 6 heteroatoms. The van der Waals surface area contributed by atoms with E-state index in [4.69, 9.17) is 0 Å². The number of aryl methyl sites for hydroxylation is 1. The number of anilines is 5. The van der Waals surface area contributed by atoms with E-state index in [-0.39, 0.29) is 0 Å². The Morgan fingerprint density at radius 1 is 0.821 bits per heavy atom. The van der Waals surface area contributed by atoms with E-state index in [0.29, 0.717) is 0 Å². The molecule has 0 unspecified atom stereocenters. The van der Waals surface area contributed by atoms with E-state index in [1.54, 1.807) is 6.33 Å². The summed E-state index contributed by atoms with van der Waals surface area (Å²) in [6, 6.07) is 18.6. The van der Waals surface area contributed by atoms with Crippen LogP contribution in [0, 0.1) is 6.92 Å². The molecule has 0 radical (unpaired) electrons. The van der Waals surface area contributed by atoms with Crippen LogP contribution in [0.1, 0.15) is 5.56 Å². The van der Waals surface area contributed by atoms with Gasteiger partial charge in [-0.15, -0.1) is 0 Å². The summed E-state index contributed by atoms with van der Waals surface area (Å²) < 4.78 is 0. The highest BCUT2D eigenvalue weighted by Gasteiger charge is 2.14. The van der Waals surface area contributed by atoms with Crippen molar-refractivity contribution in [2.45, 2.75) is 6.92 Å².